The molecule has 1 N–H and O–H groups in total. The highest BCUT2D eigenvalue weighted by atomic mass is 19.1. The van der Waals surface area contributed by atoms with Crippen molar-refractivity contribution in [3.05, 3.63) is 30.1 Å². The number of ether oxygens (including phenoxy) is 1. The SMILES string of the molecule is CC(C)C(CO)COc1ccccc1F. The van der Waals surface area contributed by atoms with Crippen molar-refractivity contribution in [3.63, 3.8) is 0 Å². The third-order valence-corrected chi connectivity index (χ3v) is 2.47. The number of aliphatic hydroxyl groups is 1. The van der Waals surface area contributed by atoms with Crippen LogP contribution in [0, 0.1) is 17.7 Å². The molecule has 1 atom stereocenters. The van der Waals surface area contributed by atoms with Crippen LogP contribution in [0.5, 0.6) is 5.75 Å². The molecule has 0 fully saturated rings. The predicted molar refractivity (Wildman–Crippen MR) is 57.3 cm³/mol. The van der Waals surface area contributed by atoms with Gasteiger partial charge in [0.1, 0.15) is 0 Å². The first kappa shape index (κ1) is 12.0. The Morgan fingerprint density at radius 3 is 2.53 bits per heavy atom. The minimum atomic E-state index is -0.363. The molecule has 1 rings (SSSR count). The topological polar surface area (TPSA) is 29.5 Å². The van der Waals surface area contributed by atoms with E-state index in [4.69, 9.17) is 9.84 Å². The zero-order valence-corrected chi connectivity index (χ0v) is 9.11. The Morgan fingerprint density at radius 1 is 1.33 bits per heavy atom. The summed E-state index contributed by atoms with van der Waals surface area (Å²) in [6.07, 6.45) is 0. The molecule has 1 aromatic carbocycles. The van der Waals surface area contributed by atoms with Crippen LogP contribution in [0.15, 0.2) is 24.3 Å². The predicted octanol–water partition coefficient (Wildman–Crippen LogP) is 2.47. The second kappa shape index (κ2) is 5.71. The van der Waals surface area contributed by atoms with Gasteiger partial charge in [-0.25, -0.2) is 4.39 Å². The first-order valence-electron chi connectivity index (χ1n) is 5.13. The number of benzene rings is 1. The molecule has 1 aromatic rings. The van der Waals surface area contributed by atoms with Crippen molar-refractivity contribution in [2.45, 2.75) is 13.8 Å². The van der Waals surface area contributed by atoms with E-state index in [0.717, 1.165) is 0 Å². The Bertz CT molecular complexity index is 299. The van der Waals surface area contributed by atoms with Gasteiger partial charge in [0.2, 0.25) is 0 Å². The van der Waals surface area contributed by atoms with Crippen LogP contribution >= 0.6 is 0 Å². The summed E-state index contributed by atoms with van der Waals surface area (Å²) in [6.45, 7) is 4.42. The van der Waals surface area contributed by atoms with Crippen LogP contribution < -0.4 is 4.74 Å². The van der Waals surface area contributed by atoms with Crippen molar-refractivity contribution in [2.24, 2.45) is 11.8 Å². The van der Waals surface area contributed by atoms with Crippen molar-refractivity contribution in [3.8, 4) is 5.75 Å². The Labute approximate surface area is 89.7 Å². The molecule has 2 nitrogen and oxygen atoms in total. The fourth-order valence-corrected chi connectivity index (χ4v) is 1.21. The summed E-state index contributed by atoms with van der Waals surface area (Å²) in [5, 5.41) is 9.07. The largest absolute Gasteiger partial charge is 0.490 e. The second-order valence-corrected chi connectivity index (χ2v) is 3.93. The summed E-state index contributed by atoms with van der Waals surface area (Å²) in [6, 6.07) is 6.29. The van der Waals surface area contributed by atoms with Gasteiger partial charge in [0.15, 0.2) is 11.6 Å². The Balaban J connectivity index is 2.53. The highest BCUT2D eigenvalue weighted by Crippen LogP contribution is 2.18. The van der Waals surface area contributed by atoms with Gasteiger partial charge in [0.25, 0.3) is 0 Å². The average Bonchev–Trinajstić information content (AvgIpc) is 2.21. The number of hydrogen-bond donors (Lipinski definition) is 1. The normalized spacial score (nSPS) is 12.9. The molecule has 0 saturated carbocycles. The van der Waals surface area contributed by atoms with E-state index >= 15 is 0 Å². The molecule has 0 amide bonds. The van der Waals surface area contributed by atoms with Crippen LogP contribution in [-0.4, -0.2) is 18.3 Å². The highest BCUT2D eigenvalue weighted by Gasteiger charge is 2.13. The Morgan fingerprint density at radius 2 is 2.00 bits per heavy atom. The summed E-state index contributed by atoms with van der Waals surface area (Å²) < 4.78 is 18.5. The maximum Gasteiger partial charge on any atom is 0.165 e. The minimum absolute atomic E-state index is 0.0459. The van der Waals surface area contributed by atoms with Gasteiger partial charge >= 0.3 is 0 Å². The molecule has 15 heavy (non-hydrogen) atoms. The molecular formula is C12H17FO2. The quantitative estimate of drug-likeness (QED) is 0.812. The summed E-state index contributed by atoms with van der Waals surface area (Å²) in [5.41, 5.74) is 0. The molecule has 0 aliphatic rings. The molecule has 0 aliphatic carbocycles. The molecule has 0 radical (unpaired) electrons. The van der Waals surface area contributed by atoms with Gasteiger partial charge in [-0.05, 0) is 18.1 Å². The molecule has 0 heterocycles. The van der Waals surface area contributed by atoms with E-state index in [-0.39, 0.29) is 24.1 Å². The van der Waals surface area contributed by atoms with Gasteiger partial charge in [-0.15, -0.1) is 0 Å². The maximum absolute atomic E-state index is 13.2. The maximum atomic E-state index is 13.2. The van der Waals surface area contributed by atoms with Crippen LogP contribution in [0.4, 0.5) is 4.39 Å². The lowest BCUT2D eigenvalue weighted by molar-refractivity contribution is 0.127. The zero-order valence-electron chi connectivity index (χ0n) is 9.11. The second-order valence-electron chi connectivity index (χ2n) is 3.93. The molecule has 0 aliphatic heterocycles. The first-order chi connectivity index (χ1) is 7.15. The number of rotatable bonds is 5. The smallest absolute Gasteiger partial charge is 0.165 e. The lowest BCUT2D eigenvalue weighted by Crippen LogP contribution is -2.21. The lowest BCUT2D eigenvalue weighted by atomic mass is 9.98. The molecule has 3 heteroatoms. The van der Waals surface area contributed by atoms with Gasteiger partial charge in [0.05, 0.1) is 6.61 Å². The standard InChI is InChI=1S/C12H17FO2/c1-9(2)10(7-14)8-15-12-6-4-3-5-11(12)13/h3-6,9-10,14H,7-8H2,1-2H3. The summed E-state index contributed by atoms with van der Waals surface area (Å²) in [4.78, 5) is 0. The van der Waals surface area contributed by atoms with Crippen LogP contribution in [0.3, 0.4) is 0 Å². The van der Waals surface area contributed by atoms with E-state index in [1.807, 2.05) is 13.8 Å². The van der Waals surface area contributed by atoms with Gasteiger partial charge in [0, 0.05) is 12.5 Å². The number of halogens is 1. The van der Waals surface area contributed by atoms with Gasteiger partial charge in [-0.3, -0.25) is 0 Å². The number of para-hydroxylation sites is 1. The van der Waals surface area contributed by atoms with Crippen molar-refractivity contribution >= 4 is 0 Å². The molecule has 84 valence electrons. The first-order valence-corrected chi connectivity index (χ1v) is 5.13. The number of aliphatic hydroxyl groups excluding tert-OH is 1. The third kappa shape index (κ3) is 3.51. The molecule has 0 aromatic heterocycles. The van der Waals surface area contributed by atoms with Crippen molar-refractivity contribution < 1.29 is 14.2 Å². The fraction of sp³-hybridized carbons (Fsp3) is 0.500. The van der Waals surface area contributed by atoms with Gasteiger partial charge < -0.3 is 9.84 Å². The van der Waals surface area contributed by atoms with Crippen LogP contribution in [0.1, 0.15) is 13.8 Å². The van der Waals surface area contributed by atoms with Crippen LogP contribution in [-0.2, 0) is 0 Å². The van der Waals surface area contributed by atoms with Gasteiger partial charge in [-0.1, -0.05) is 26.0 Å². The van der Waals surface area contributed by atoms with Crippen molar-refractivity contribution in [1.82, 2.24) is 0 Å². The van der Waals surface area contributed by atoms with E-state index in [2.05, 4.69) is 0 Å². The minimum Gasteiger partial charge on any atom is -0.490 e. The molecule has 0 saturated heterocycles. The molecular weight excluding hydrogens is 195 g/mol. The van der Waals surface area contributed by atoms with Crippen molar-refractivity contribution in [1.29, 1.82) is 0 Å². The van der Waals surface area contributed by atoms with E-state index in [0.29, 0.717) is 12.5 Å². The Kier molecular flexibility index (Phi) is 4.56. The average molecular weight is 212 g/mol. The van der Waals surface area contributed by atoms with E-state index in [1.165, 1.54) is 6.07 Å². The molecule has 0 spiro atoms. The molecule has 0 bridgehead atoms. The van der Waals surface area contributed by atoms with Gasteiger partial charge in [-0.2, -0.15) is 0 Å². The fourth-order valence-electron chi connectivity index (χ4n) is 1.21. The summed E-state index contributed by atoms with van der Waals surface area (Å²) in [7, 11) is 0. The highest BCUT2D eigenvalue weighted by molar-refractivity contribution is 5.23. The Hall–Kier alpha value is -1.09. The van der Waals surface area contributed by atoms with Crippen molar-refractivity contribution in [2.75, 3.05) is 13.2 Å². The zero-order chi connectivity index (χ0) is 11.3. The monoisotopic (exact) mass is 212 g/mol. The third-order valence-electron chi connectivity index (χ3n) is 2.47. The summed E-state index contributed by atoms with van der Waals surface area (Å²) >= 11 is 0. The van der Waals surface area contributed by atoms with Crippen LogP contribution in [0.25, 0.3) is 0 Å². The van der Waals surface area contributed by atoms with E-state index in [1.54, 1.807) is 18.2 Å². The van der Waals surface area contributed by atoms with E-state index in [9.17, 15) is 4.39 Å². The molecule has 1 unspecified atom stereocenters. The number of hydrogen-bond acceptors (Lipinski definition) is 2. The van der Waals surface area contributed by atoms with Crippen LogP contribution in [0.2, 0.25) is 0 Å². The lowest BCUT2D eigenvalue weighted by Gasteiger charge is -2.18. The van der Waals surface area contributed by atoms with E-state index < -0.39 is 0 Å². The summed E-state index contributed by atoms with van der Waals surface area (Å²) in [5.74, 6) is 0.251.